The molecule has 0 aliphatic carbocycles. The molecule has 0 amide bonds. The van der Waals surface area contributed by atoms with Crippen molar-refractivity contribution < 1.29 is 0 Å². The highest BCUT2D eigenvalue weighted by molar-refractivity contribution is 5.52. The molecule has 43 valence electrons. The zero-order chi connectivity index (χ0) is 6.69. The van der Waals surface area contributed by atoms with Crippen molar-refractivity contribution in [2.24, 2.45) is 0 Å². The van der Waals surface area contributed by atoms with Gasteiger partial charge >= 0.3 is 0 Å². The number of rotatable bonds is 0. The molecule has 2 nitrogen and oxygen atoms in total. The first-order valence-electron chi connectivity index (χ1n) is 2.50. The quantitative estimate of drug-likeness (QED) is 0.514. The van der Waals surface area contributed by atoms with Crippen LogP contribution in [0.2, 0.25) is 0 Å². The highest BCUT2D eigenvalue weighted by Crippen LogP contribution is 2.06. The number of anilines is 1. The molecule has 1 radical (unpaired) electrons. The number of nitriles is 1. The number of nitrogens with zero attached hydrogens (tertiary/aromatic N) is 1. The van der Waals surface area contributed by atoms with Gasteiger partial charge in [0, 0.05) is 0 Å². The Morgan fingerprint density at radius 2 is 2.44 bits per heavy atom. The van der Waals surface area contributed by atoms with E-state index in [-0.39, 0.29) is 0 Å². The Hall–Kier alpha value is -1.49. The smallest absolute Gasteiger partial charge is 0.101 e. The van der Waals surface area contributed by atoms with Crippen molar-refractivity contribution in [3.05, 3.63) is 29.8 Å². The van der Waals surface area contributed by atoms with Crippen molar-refractivity contribution in [3.63, 3.8) is 0 Å². The average molecular weight is 117 g/mol. The van der Waals surface area contributed by atoms with Crippen LogP contribution in [0.5, 0.6) is 0 Å². The lowest BCUT2D eigenvalue weighted by atomic mass is 10.2. The zero-order valence-corrected chi connectivity index (χ0v) is 4.76. The normalized spacial score (nSPS) is 8.33. The molecule has 0 bridgehead atoms. The Morgan fingerprint density at radius 3 is 2.89 bits per heavy atom. The standard InChI is InChI=1S/C7H5N2/c8-5-6-3-1-2-4-7(6)9/h1,3-4H,9H2. The molecule has 0 atom stereocenters. The molecule has 2 heteroatoms. The molecule has 0 saturated carbocycles. The van der Waals surface area contributed by atoms with Crippen LogP contribution in [0.25, 0.3) is 0 Å². The highest BCUT2D eigenvalue weighted by atomic mass is 14.6. The summed E-state index contributed by atoms with van der Waals surface area (Å²) in [5.74, 6) is 0. The monoisotopic (exact) mass is 117 g/mol. The molecule has 0 aliphatic rings. The van der Waals surface area contributed by atoms with Gasteiger partial charge in [0.2, 0.25) is 0 Å². The maximum atomic E-state index is 8.37. The summed E-state index contributed by atoms with van der Waals surface area (Å²) < 4.78 is 0. The van der Waals surface area contributed by atoms with Gasteiger partial charge in [-0.2, -0.15) is 5.26 Å². The largest absolute Gasteiger partial charge is 0.398 e. The fourth-order valence-corrected chi connectivity index (χ4v) is 0.545. The third-order valence-electron chi connectivity index (χ3n) is 1.02. The first-order valence-corrected chi connectivity index (χ1v) is 2.50. The van der Waals surface area contributed by atoms with Crippen LogP contribution in [0.3, 0.4) is 0 Å². The van der Waals surface area contributed by atoms with E-state index >= 15 is 0 Å². The van der Waals surface area contributed by atoms with Crippen LogP contribution in [-0.4, -0.2) is 0 Å². The van der Waals surface area contributed by atoms with Crippen LogP contribution in [0.1, 0.15) is 5.56 Å². The fourth-order valence-electron chi connectivity index (χ4n) is 0.545. The number of nitrogen functional groups attached to an aromatic ring is 1. The van der Waals surface area contributed by atoms with Crippen molar-refractivity contribution in [3.8, 4) is 6.07 Å². The van der Waals surface area contributed by atoms with Crippen molar-refractivity contribution in [2.75, 3.05) is 5.73 Å². The summed E-state index contributed by atoms with van der Waals surface area (Å²) in [6.07, 6.45) is 0. The van der Waals surface area contributed by atoms with E-state index in [0.29, 0.717) is 11.3 Å². The number of hydrogen-bond donors (Lipinski definition) is 1. The van der Waals surface area contributed by atoms with E-state index in [4.69, 9.17) is 11.0 Å². The molecule has 0 heterocycles. The summed E-state index contributed by atoms with van der Waals surface area (Å²) >= 11 is 0. The van der Waals surface area contributed by atoms with Gasteiger partial charge in [0.25, 0.3) is 0 Å². The van der Waals surface area contributed by atoms with E-state index in [9.17, 15) is 0 Å². The summed E-state index contributed by atoms with van der Waals surface area (Å²) in [5.41, 5.74) is 6.37. The Kier molecular flexibility index (Phi) is 1.37. The van der Waals surface area contributed by atoms with Gasteiger partial charge in [-0.15, -0.1) is 0 Å². The van der Waals surface area contributed by atoms with Crippen LogP contribution >= 0.6 is 0 Å². The Bertz CT molecular complexity index is 247. The van der Waals surface area contributed by atoms with Gasteiger partial charge in [0.15, 0.2) is 0 Å². The molecule has 1 rings (SSSR count). The second-order valence-electron chi connectivity index (χ2n) is 1.63. The Labute approximate surface area is 53.5 Å². The summed E-state index contributed by atoms with van der Waals surface area (Å²) in [4.78, 5) is 0. The van der Waals surface area contributed by atoms with Crippen molar-refractivity contribution in [1.29, 1.82) is 5.26 Å². The molecule has 0 saturated heterocycles. The van der Waals surface area contributed by atoms with Gasteiger partial charge in [-0.1, -0.05) is 6.07 Å². The minimum Gasteiger partial charge on any atom is -0.398 e. The predicted octanol–water partition coefficient (Wildman–Crippen LogP) is 0.941. The van der Waals surface area contributed by atoms with Gasteiger partial charge in [0.1, 0.15) is 6.07 Å². The molecular weight excluding hydrogens is 112 g/mol. The third-order valence-corrected chi connectivity index (χ3v) is 1.02. The van der Waals surface area contributed by atoms with Gasteiger partial charge in [-0.05, 0) is 18.2 Å². The van der Waals surface area contributed by atoms with Crippen LogP contribution in [0.4, 0.5) is 5.69 Å². The van der Waals surface area contributed by atoms with E-state index in [1.807, 2.05) is 6.07 Å². The molecular formula is C7H5N2. The van der Waals surface area contributed by atoms with Gasteiger partial charge in [-0.3, -0.25) is 0 Å². The van der Waals surface area contributed by atoms with E-state index in [1.54, 1.807) is 18.2 Å². The van der Waals surface area contributed by atoms with Crippen molar-refractivity contribution in [2.45, 2.75) is 0 Å². The van der Waals surface area contributed by atoms with Gasteiger partial charge in [0.05, 0.1) is 11.3 Å². The number of nitrogens with two attached hydrogens (primary N) is 1. The highest BCUT2D eigenvalue weighted by Gasteiger charge is 1.91. The molecule has 1 aromatic carbocycles. The lowest BCUT2D eigenvalue weighted by molar-refractivity contribution is 1.48. The summed E-state index contributed by atoms with van der Waals surface area (Å²) in [6.45, 7) is 0. The molecule has 1 aromatic rings. The molecule has 0 aromatic heterocycles. The second kappa shape index (κ2) is 2.19. The summed E-state index contributed by atoms with van der Waals surface area (Å²) in [7, 11) is 0. The summed E-state index contributed by atoms with van der Waals surface area (Å²) in [5, 5.41) is 8.37. The van der Waals surface area contributed by atoms with E-state index in [1.165, 1.54) is 0 Å². The van der Waals surface area contributed by atoms with Crippen molar-refractivity contribution >= 4 is 5.69 Å². The SMILES string of the molecule is N#Cc1cc[c]cc1N. The molecule has 9 heavy (non-hydrogen) atoms. The minimum absolute atomic E-state index is 0.486. The average Bonchev–Trinajstić information content (AvgIpc) is 1.89. The molecule has 2 N–H and O–H groups in total. The molecule has 0 unspecified atom stereocenters. The van der Waals surface area contributed by atoms with E-state index in [2.05, 4.69) is 6.07 Å². The Balaban J connectivity index is 3.20. The van der Waals surface area contributed by atoms with Crippen LogP contribution in [-0.2, 0) is 0 Å². The van der Waals surface area contributed by atoms with Gasteiger partial charge < -0.3 is 5.73 Å². The molecule has 0 fully saturated rings. The topological polar surface area (TPSA) is 49.8 Å². The van der Waals surface area contributed by atoms with E-state index < -0.39 is 0 Å². The predicted molar refractivity (Wildman–Crippen MR) is 34.4 cm³/mol. The number of hydrogen-bond acceptors (Lipinski definition) is 2. The second-order valence-corrected chi connectivity index (χ2v) is 1.63. The summed E-state index contributed by atoms with van der Waals surface area (Å²) in [6, 6.07) is 9.59. The molecule has 0 aliphatic heterocycles. The minimum atomic E-state index is 0.486. The Morgan fingerprint density at radius 1 is 1.67 bits per heavy atom. The molecule has 0 spiro atoms. The van der Waals surface area contributed by atoms with Crippen LogP contribution < -0.4 is 5.73 Å². The van der Waals surface area contributed by atoms with Gasteiger partial charge in [-0.25, -0.2) is 0 Å². The van der Waals surface area contributed by atoms with E-state index in [0.717, 1.165) is 0 Å². The van der Waals surface area contributed by atoms with Crippen LogP contribution in [0, 0.1) is 17.4 Å². The maximum absolute atomic E-state index is 8.37. The fraction of sp³-hybridized carbons (Fsp3) is 0. The third kappa shape index (κ3) is 1.000. The van der Waals surface area contributed by atoms with Crippen LogP contribution in [0.15, 0.2) is 18.2 Å². The first-order chi connectivity index (χ1) is 4.34. The lowest BCUT2D eigenvalue weighted by Gasteiger charge is -1.90. The van der Waals surface area contributed by atoms with Crippen molar-refractivity contribution in [1.82, 2.24) is 0 Å². The first kappa shape index (κ1) is 5.64. The maximum Gasteiger partial charge on any atom is 0.101 e. The number of benzene rings is 1. The zero-order valence-electron chi connectivity index (χ0n) is 4.76. The lowest BCUT2D eigenvalue weighted by Crippen LogP contribution is -1.87.